The number of pyridine rings is 1. The van der Waals surface area contributed by atoms with E-state index in [0.29, 0.717) is 49.5 Å². The second-order valence-electron chi connectivity index (χ2n) is 10.4. The van der Waals surface area contributed by atoms with Gasteiger partial charge in [-0.2, -0.15) is 11.8 Å². The molecule has 1 saturated heterocycles. The van der Waals surface area contributed by atoms with Crippen LogP contribution in [-0.4, -0.2) is 58.2 Å². The first-order valence-corrected chi connectivity index (χ1v) is 14.6. The second kappa shape index (κ2) is 12.2. The fraction of sp³-hybridized carbons (Fsp3) is 0.536. The van der Waals surface area contributed by atoms with Gasteiger partial charge in [0.25, 0.3) is 11.8 Å². The third kappa shape index (κ3) is 7.09. The molecule has 204 valence electrons. The van der Waals surface area contributed by atoms with Crippen LogP contribution in [0.5, 0.6) is 17.4 Å². The summed E-state index contributed by atoms with van der Waals surface area (Å²) in [7, 11) is 0. The van der Waals surface area contributed by atoms with Crippen molar-refractivity contribution in [3.8, 4) is 17.4 Å². The zero-order valence-electron chi connectivity index (χ0n) is 21.3. The van der Waals surface area contributed by atoms with E-state index >= 15 is 0 Å². The maximum atomic E-state index is 14.0. The number of carbonyl (C=O) groups is 2. The fourth-order valence-corrected chi connectivity index (χ4v) is 5.92. The fourth-order valence-electron chi connectivity index (χ4n) is 4.85. The summed E-state index contributed by atoms with van der Waals surface area (Å²) in [4.78, 5) is 30.1. The molecule has 5 rings (SSSR count). The summed E-state index contributed by atoms with van der Waals surface area (Å²) < 4.78 is 25.7. The lowest BCUT2D eigenvalue weighted by molar-refractivity contribution is 0.0883. The SMILES string of the molecule is O=C(NC1CCC(NC(=O)c2cc(F)cnc2OC2CCSCC2)CC1)c1ccc(O)cc1OCC1CC1. The summed E-state index contributed by atoms with van der Waals surface area (Å²) in [6.45, 7) is 0.544. The molecule has 3 fully saturated rings. The van der Waals surface area contributed by atoms with Crippen molar-refractivity contribution >= 4 is 23.6 Å². The molecule has 0 bridgehead atoms. The van der Waals surface area contributed by atoms with Crippen LogP contribution in [0.3, 0.4) is 0 Å². The maximum Gasteiger partial charge on any atom is 0.257 e. The number of amides is 2. The minimum atomic E-state index is -0.581. The highest BCUT2D eigenvalue weighted by Gasteiger charge is 2.28. The summed E-state index contributed by atoms with van der Waals surface area (Å²) in [6.07, 6.45) is 7.80. The molecular formula is C28H34FN3O5S. The Labute approximate surface area is 226 Å². The molecule has 0 atom stereocenters. The van der Waals surface area contributed by atoms with Crippen molar-refractivity contribution in [3.63, 3.8) is 0 Å². The van der Waals surface area contributed by atoms with Crippen molar-refractivity contribution in [1.29, 1.82) is 0 Å². The number of aromatic nitrogens is 1. The molecule has 0 unspecified atom stereocenters. The minimum Gasteiger partial charge on any atom is -0.508 e. The van der Waals surface area contributed by atoms with E-state index in [-0.39, 0.29) is 41.3 Å². The lowest BCUT2D eigenvalue weighted by Crippen LogP contribution is -2.44. The van der Waals surface area contributed by atoms with Gasteiger partial charge in [0.1, 0.15) is 29.0 Å². The van der Waals surface area contributed by atoms with Gasteiger partial charge in [0.2, 0.25) is 5.88 Å². The third-order valence-corrected chi connectivity index (χ3v) is 8.34. The molecule has 1 aromatic carbocycles. The third-order valence-electron chi connectivity index (χ3n) is 7.29. The molecule has 2 amide bonds. The van der Waals surface area contributed by atoms with Crippen molar-refractivity contribution in [3.05, 3.63) is 47.4 Å². The molecule has 10 heteroatoms. The highest BCUT2D eigenvalue weighted by Crippen LogP contribution is 2.32. The molecule has 38 heavy (non-hydrogen) atoms. The molecule has 1 aliphatic heterocycles. The molecule has 3 aliphatic rings. The standard InChI is InChI=1S/C28H34FN3O5S/c29-18-13-24(28(30-15-18)37-22-9-11-38-12-10-22)27(35)32-20-5-3-19(4-6-20)31-26(34)23-8-7-21(33)14-25(23)36-16-17-1-2-17/h7-8,13-15,17,19-20,22,33H,1-6,9-12,16H2,(H,31,34)(H,32,35). The van der Waals surface area contributed by atoms with Crippen LogP contribution in [0.1, 0.15) is 72.1 Å². The highest BCUT2D eigenvalue weighted by molar-refractivity contribution is 7.99. The number of phenolic OH excluding ortho intramolecular Hbond substituents is 1. The molecule has 0 radical (unpaired) electrons. The predicted molar refractivity (Wildman–Crippen MR) is 142 cm³/mol. The Bertz CT molecular complexity index is 1150. The average molecular weight is 544 g/mol. The number of thioether (sulfide) groups is 1. The minimum absolute atomic E-state index is 0.0204. The van der Waals surface area contributed by atoms with Crippen LogP contribution < -0.4 is 20.1 Å². The van der Waals surface area contributed by atoms with Crippen LogP contribution in [0.25, 0.3) is 0 Å². The second-order valence-corrected chi connectivity index (χ2v) is 11.6. The topological polar surface area (TPSA) is 110 Å². The van der Waals surface area contributed by atoms with Crippen molar-refractivity contribution in [1.82, 2.24) is 15.6 Å². The highest BCUT2D eigenvalue weighted by atomic mass is 32.2. The number of phenols is 1. The van der Waals surface area contributed by atoms with Gasteiger partial charge in [0.15, 0.2) is 0 Å². The van der Waals surface area contributed by atoms with Crippen molar-refractivity contribution in [2.24, 2.45) is 5.92 Å². The number of aromatic hydroxyl groups is 1. The lowest BCUT2D eigenvalue weighted by Gasteiger charge is -2.30. The Morgan fingerprint density at radius 2 is 1.61 bits per heavy atom. The van der Waals surface area contributed by atoms with Crippen LogP contribution >= 0.6 is 11.8 Å². The number of carbonyl (C=O) groups excluding carboxylic acids is 2. The Morgan fingerprint density at radius 1 is 0.947 bits per heavy atom. The number of nitrogens with zero attached hydrogens (tertiary/aromatic N) is 1. The summed E-state index contributed by atoms with van der Waals surface area (Å²) in [5.74, 6) is 1.92. The number of rotatable bonds is 9. The van der Waals surface area contributed by atoms with Crippen molar-refractivity contribution in [2.45, 2.75) is 69.6 Å². The molecule has 8 nitrogen and oxygen atoms in total. The normalized spacial score (nSPS) is 21.9. The Balaban J connectivity index is 1.14. The number of benzene rings is 1. The zero-order chi connectivity index (χ0) is 26.5. The van der Waals surface area contributed by atoms with E-state index in [2.05, 4.69) is 15.6 Å². The number of hydrogen-bond acceptors (Lipinski definition) is 7. The van der Waals surface area contributed by atoms with Gasteiger partial charge in [0, 0.05) is 18.2 Å². The average Bonchev–Trinajstić information content (AvgIpc) is 3.75. The molecule has 0 spiro atoms. The molecule has 2 aromatic rings. The zero-order valence-corrected chi connectivity index (χ0v) is 22.1. The first-order chi connectivity index (χ1) is 18.4. The van der Waals surface area contributed by atoms with Gasteiger partial charge < -0.3 is 25.2 Å². The van der Waals surface area contributed by atoms with Gasteiger partial charge in [-0.1, -0.05) is 0 Å². The number of nitrogens with one attached hydrogen (secondary N) is 2. The Morgan fingerprint density at radius 3 is 2.26 bits per heavy atom. The van der Waals surface area contributed by atoms with E-state index in [9.17, 15) is 19.1 Å². The Hall–Kier alpha value is -3.01. The molecule has 2 aliphatic carbocycles. The molecular weight excluding hydrogens is 509 g/mol. The monoisotopic (exact) mass is 543 g/mol. The summed E-state index contributed by atoms with van der Waals surface area (Å²) >= 11 is 1.87. The lowest BCUT2D eigenvalue weighted by atomic mass is 9.90. The summed E-state index contributed by atoms with van der Waals surface area (Å²) in [6, 6.07) is 5.59. The van der Waals surface area contributed by atoms with E-state index in [1.165, 1.54) is 18.2 Å². The van der Waals surface area contributed by atoms with E-state index in [0.717, 1.165) is 43.4 Å². The van der Waals surface area contributed by atoms with Crippen LogP contribution in [0.15, 0.2) is 30.5 Å². The van der Waals surface area contributed by atoms with Gasteiger partial charge in [-0.3, -0.25) is 9.59 Å². The van der Waals surface area contributed by atoms with E-state index in [1.807, 2.05) is 11.8 Å². The van der Waals surface area contributed by atoms with E-state index < -0.39 is 11.7 Å². The molecule has 2 heterocycles. The quantitative estimate of drug-likeness (QED) is 0.428. The number of ether oxygens (including phenoxy) is 2. The van der Waals surface area contributed by atoms with Crippen LogP contribution in [0.4, 0.5) is 4.39 Å². The first-order valence-electron chi connectivity index (χ1n) is 13.4. The number of hydrogen-bond donors (Lipinski definition) is 3. The van der Waals surface area contributed by atoms with Crippen LogP contribution in [-0.2, 0) is 0 Å². The van der Waals surface area contributed by atoms with E-state index in [1.54, 1.807) is 6.07 Å². The van der Waals surface area contributed by atoms with Crippen molar-refractivity contribution < 1.29 is 28.6 Å². The van der Waals surface area contributed by atoms with Gasteiger partial charge in [-0.25, -0.2) is 9.37 Å². The Kier molecular flexibility index (Phi) is 8.56. The molecule has 3 N–H and O–H groups in total. The van der Waals surface area contributed by atoms with Crippen LogP contribution in [0.2, 0.25) is 0 Å². The summed E-state index contributed by atoms with van der Waals surface area (Å²) in [5, 5.41) is 15.9. The summed E-state index contributed by atoms with van der Waals surface area (Å²) in [5.41, 5.74) is 0.520. The van der Waals surface area contributed by atoms with Gasteiger partial charge in [0.05, 0.1) is 18.4 Å². The first kappa shape index (κ1) is 26.6. The predicted octanol–water partition coefficient (Wildman–Crippen LogP) is 4.46. The smallest absolute Gasteiger partial charge is 0.257 e. The van der Waals surface area contributed by atoms with Gasteiger partial charge in [-0.15, -0.1) is 0 Å². The van der Waals surface area contributed by atoms with E-state index in [4.69, 9.17) is 9.47 Å². The van der Waals surface area contributed by atoms with Gasteiger partial charge in [-0.05, 0) is 87.0 Å². The van der Waals surface area contributed by atoms with Gasteiger partial charge >= 0.3 is 0 Å². The number of halogens is 1. The largest absolute Gasteiger partial charge is 0.508 e. The maximum absolute atomic E-state index is 14.0. The van der Waals surface area contributed by atoms with Crippen LogP contribution in [0, 0.1) is 11.7 Å². The molecule has 1 aromatic heterocycles. The van der Waals surface area contributed by atoms with Crippen molar-refractivity contribution in [2.75, 3.05) is 18.1 Å². The molecule has 2 saturated carbocycles.